The number of hydrogen-bond donors (Lipinski definition) is 0. The molecule has 1 amide bonds. The van der Waals surface area contributed by atoms with Gasteiger partial charge in [0.1, 0.15) is 6.10 Å². The molecule has 202 valence electrons. The van der Waals surface area contributed by atoms with Gasteiger partial charge in [-0.2, -0.15) is 0 Å². The number of nitrogens with zero attached hydrogens (tertiary/aromatic N) is 5. The second-order valence-corrected chi connectivity index (χ2v) is 10.4. The van der Waals surface area contributed by atoms with Crippen LogP contribution in [0.15, 0.2) is 83.7 Å². The van der Waals surface area contributed by atoms with Crippen LogP contribution < -0.4 is 4.90 Å². The lowest BCUT2D eigenvalue weighted by Crippen LogP contribution is -2.48. The zero-order valence-corrected chi connectivity index (χ0v) is 23.3. The molecule has 1 atom stereocenters. The standard InChI is InChI=1S/C31H41N5O2/c1-7-31(37)35-19-17-34(18-20-35)24(3)27-15-16-36(30-14-10-12-26-11-8-9-13-28(26)30)22-29(27)32-25(4)38-23(2)21-33(5)6/h7-14,23H,1,3,15-22H2,2,4-6H3/t23-/m1/s1. The largest absolute Gasteiger partial charge is 0.477 e. The van der Waals surface area contributed by atoms with Gasteiger partial charge in [-0.3, -0.25) is 4.79 Å². The van der Waals surface area contributed by atoms with E-state index < -0.39 is 0 Å². The fourth-order valence-corrected chi connectivity index (χ4v) is 5.43. The number of anilines is 1. The number of likely N-dealkylation sites (N-methyl/N-ethyl adjacent to an activating group) is 1. The first-order chi connectivity index (χ1) is 18.3. The van der Waals surface area contributed by atoms with E-state index in [0.717, 1.165) is 44.0 Å². The van der Waals surface area contributed by atoms with Crippen molar-refractivity contribution in [3.05, 3.63) is 78.7 Å². The minimum absolute atomic E-state index is 0.0113. The molecule has 4 rings (SSSR count). The van der Waals surface area contributed by atoms with Gasteiger partial charge in [0.25, 0.3) is 0 Å². The van der Waals surface area contributed by atoms with Crippen LogP contribution in [0, 0.1) is 0 Å². The zero-order valence-electron chi connectivity index (χ0n) is 23.3. The average Bonchev–Trinajstić information content (AvgIpc) is 2.91. The number of ether oxygens (including phenoxy) is 1. The van der Waals surface area contributed by atoms with E-state index in [4.69, 9.17) is 9.73 Å². The summed E-state index contributed by atoms with van der Waals surface area (Å²) < 4.78 is 6.16. The first-order valence-electron chi connectivity index (χ1n) is 13.4. The van der Waals surface area contributed by atoms with Gasteiger partial charge in [-0.25, -0.2) is 4.99 Å². The molecule has 7 nitrogen and oxygen atoms in total. The van der Waals surface area contributed by atoms with Gasteiger partial charge in [-0.1, -0.05) is 49.6 Å². The highest BCUT2D eigenvalue weighted by molar-refractivity contribution is 5.94. The van der Waals surface area contributed by atoms with Crippen molar-refractivity contribution in [2.24, 2.45) is 4.99 Å². The van der Waals surface area contributed by atoms with Gasteiger partial charge in [0.05, 0.1) is 12.2 Å². The van der Waals surface area contributed by atoms with E-state index in [1.165, 1.54) is 28.1 Å². The van der Waals surface area contributed by atoms with Crippen LogP contribution in [-0.2, 0) is 9.53 Å². The molecule has 7 heteroatoms. The summed E-state index contributed by atoms with van der Waals surface area (Å²) in [6, 6.07) is 15.0. The molecule has 0 radical (unpaired) electrons. The van der Waals surface area contributed by atoms with Crippen molar-refractivity contribution in [1.82, 2.24) is 14.7 Å². The second-order valence-electron chi connectivity index (χ2n) is 10.4. The molecular weight excluding hydrogens is 474 g/mol. The van der Waals surface area contributed by atoms with Gasteiger partial charge in [-0.15, -0.1) is 0 Å². The molecule has 1 saturated heterocycles. The molecule has 1 fully saturated rings. The number of rotatable bonds is 8. The van der Waals surface area contributed by atoms with Crippen molar-refractivity contribution >= 4 is 28.3 Å². The molecule has 0 N–H and O–H groups in total. The molecule has 0 aromatic heterocycles. The Kier molecular flexibility index (Phi) is 8.89. The summed E-state index contributed by atoms with van der Waals surface area (Å²) in [6.07, 6.45) is 2.27. The fourth-order valence-electron chi connectivity index (χ4n) is 5.43. The SMILES string of the molecule is C=CC(=O)N1CCN(C(=C)C2=C(N=C(C)O[C@H](C)CN(C)C)CN(c3cccc4ccccc34)CC2)CC1. The summed E-state index contributed by atoms with van der Waals surface area (Å²) in [7, 11) is 4.09. The molecule has 0 aliphatic carbocycles. The molecule has 2 heterocycles. The second kappa shape index (κ2) is 12.3. The minimum atomic E-state index is -0.0113. The Labute approximate surface area is 227 Å². The molecule has 0 saturated carbocycles. The van der Waals surface area contributed by atoms with E-state index >= 15 is 0 Å². The van der Waals surface area contributed by atoms with Crippen molar-refractivity contribution < 1.29 is 9.53 Å². The maximum Gasteiger partial charge on any atom is 0.246 e. The van der Waals surface area contributed by atoms with Crippen molar-refractivity contribution in [1.29, 1.82) is 0 Å². The van der Waals surface area contributed by atoms with E-state index in [1.807, 2.05) is 25.9 Å². The number of piperazine rings is 1. The third kappa shape index (κ3) is 6.45. The first kappa shape index (κ1) is 27.5. The molecule has 0 bridgehead atoms. The molecule has 0 spiro atoms. The Hall–Kier alpha value is -3.58. The first-order valence-corrected chi connectivity index (χ1v) is 13.4. The van der Waals surface area contributed by atoms with Crippen LogP contribution in [0.4, 0.5) is 5.69 Å². The van der Waals surface area contributed by atoms with Crippen LogP contribution in [0.3, 0.4) is 0 Å². The lowest BCUT2D eigenvalue weighted by Gasteiger charge is -2.39. The highest BCUT2D eigenvalue weighted by atomic mass is 16.5. The highest BCUT2D eigenvalue weighted by Gasteiger charge is 2.27. The number of benzene rings is 2. The molecular formula is C31H41N5O2. The predicted octanol–water partition coefficient (Wildman–Crippen LogP) is 4.53. The summed E-state index contributed by atoms with van der Waals surface area (Å²) >= 11 is 0. The summed E-state index contributed by atoms with van der Waals surface area (Å²) in [5.74, 6) is 0.656. The van der Waals surface area contributed by atoms with E-state index in [-0.39, 0.29) is 12.0 Å². The van der Waals surface area contributed by atoms with Crippen LogP contribution >= 0.6 is 0 Å². The Morgan fingerprint density at radius 3 is 2.47 bits per heavy atom. The predicted molar refractivity (Wildman–Crippen MR) is 158 cm³/mol. The summed E-state index contributed by atoms with van der Waals surface area (Å²) in [5, 5.41) is 2.48. The number of amides is 1. The van der Waals surface area contributed by atoms with Gasteiger partial charge in [0.2, 0.25) is 5.91 Å². The maximum atomic E-state index is 12.1. The summed E-state index contributed by atoms with van der Waals surface area (Å²) in [6.45, 7) is 17.4. The summed E-state index contributed by atoms with van der Waals surface area (Å²) in [5.41, 5.74) is 4.39. The van der Waals surface area contributed by atoms with Crippen molar-refractivity contribution in [2.75, 3.05) is 64.8 Å². The van der Waals surface area contributed by atoms with Crippen LogP contribution in [0.2, 0.25) is 0 Å². The van der Waals surface area contributed by atoms with Crippen LogP contribution in [0.5, 0.6) is 0 Å². The van der Waals surface area contributed by atoms with Crippen LogP contribution in [0.1, 0.15) is 20.3 Å². The number of hydrogen-bond acceptors (Lipinski definition) is 6. The molecule has 2 aliphatic rings. The van der Waals surface area contributed by atoms with E-state index in [2.05, 4.69) is 77.2 Å². The van der Waals surface area contributed by atoms with E-state index in [9.17, 15) is 4.79 Å². The normalized spacial score (nSPS) is 17.7. The number of aliphatic imine (C=N–C) groups is 1. The fraction of sp³-hybridized carbons (Fsp3) is 0.419. The van der Waals surface area contributed by atoms with Gasteiger partial charge in [0.15, 0.2) is 5.90 Å². The zero-order chi connectivity index (χ0) is 27.2. The molecule has 0 unspecified atom stereocenters. The topological polar surface area (TPSA) is 51.6 Å². The van der Waals surface area contributed by atoms with E-state index in [1.54, 1.807) is 0 Å². The van der Waals surface area contributed by atoms with Crippen molar-refractivity contribution in [3.8, 4) is 0 Å². The number of carbonyl (C=O) groups is 1. The Bertz CT molecular complexity index is 1230. The monoisotopic (exact) mass is 515 g/mol. The van der Waals surface area contributed by atoms with Crippen molar-refractivity contribution in [2.45, 2.75) is 26.4 Å². The minimum Gasteiger partial charge on any atom is -0.477 e. The lowest BCUT2D eigenvalue weighted by atomic mass is 9.99. The third-order valence-corrected chi connectivity index (χ3v) is 7.21. The van der Waals surface area contributed by atoms with Gasteiger partial charge in [0, 0.05) is 68.5 Å². The number of fused-ring (bicyclic) bond motifs is 1. The number of carbonyl (C=O) groups excluding carboxylic acids is 1. The Morgan fingerprint density at radius 1 is 1.08 bits per heavy atom. The van der Waals surface area contributed by atoms with Gasteiger partial charge >= 0.3 is 0 Å². The maximum absolute atomic E-state index is 12.1. The Balaban J connectivity index is 1.61. The smallest absolute Gasteiger partial charge is 0.246 e. The lowest BCUT2D eigenvalue weighted by molar-refractivity contribution is -0.127. The van der Waals surface area contributed by atoms with Crippen LogP contribution in [-0.4, -0.2) is 92.5 Å². The van der Waals surface area contributed by atoms with E-state index in [0.29, 0.717) is 25.5 Å². The Morgan fingerprint density at radius 2 is 1.76 bits per heavy atom. The quantitative estimate of drug-likeness (QED) is 0.294. The average molecular weight is 516 g/mol. The van der Waals surface area contributed by atoms with Crippen LogP contribution in [0.25, 0.3) is 10.8 Å². The molecule has 2 aromatic rings. The highest BCUT2D eigenvalue weighted by Crippen LogP contribution is 2.33. The van der Waals surface area contributed by atoms with Gasteiger partial charge < -0.3 is 24.3 Å². The molecule has 38 heavy (non-hydrogen) atoms. The van der Waals surface area contributed by atoms with Crippen molar-refractivity contribution in [3.63, 3.8) is 0 Å². The third-order valence-electron chi connectivity index (χ3n) is 7.21. The van der Waals surface area contributed by atoms with Gasteiger partial charge in [-0.05, 0) is 45.0 Å². The molecule has 2 aromatic carbocycles. The number of allylic oxidation sites excluding steroid dienone is 1. The summed E-state index contributed by atoms with van der Waals surface area (Å²) in [4.78, 5) is 25.8. The molecule has 2 aliphatic heterocycles.